The van der Waals surface area contributed by atoms with Gasteiger partial charge in [-0.2, -0.15) is 0 Å². The van der Waals surface area contributed by atoms with Gasteiger partial charge in [0.2, 0.25) is 5.95 Å². The number of carbonyl (C=O) groups is 1. The highest BCUT2D eigenvalue weighted by molar-refractivity contribution is 5.92. The summed E-state index contributed by atoms with van der Waals surface area (Å²) in [6.45, 7) is 5.87. The molecule has 0 aliphatic rings. The van der Waals surface area contributed by atoms with Crippen LogP contribution in [0.15, 0.2) is 30.5 Å². The molecule has 0 aliphatic heterocycles. The molecule has 0 bridgehead atoms. The fourth-order valence-corrected chi connectivity index (χ4v) is 2.22. The molecular formula is C17H20FN5O. The third kappa shape index (κ3) is 3.87. The maximum atomic E-state index is 14.7. The van der Waals surface area contributed by atoms with Crippen molar-refractivity contribution in [3.05, 3.63) is 47.5 Å². The van der Waals surface area contributed by atoms with Gasteiger partial charge in [0.1, 0.15) is 0 Å². The van der Waals surface area contributed by atoms with E-state index in [1.54, 1.807) is 38.2 Å². The predicted octanol–water partition coefficient (Wildman–Crippen LogP) is 3.29. The van der Waals surface area contributed by atoms with Crippen molar-refractivity contribution in [2.75, 3.05) is 17.6 Å². The monoisotopic (exact) mass is 329 g/mol. The van der Waals surface area contributed by atoms with Gasteiger partial charge in [-0.15, -0.1) is 0 Å². The van der Waals surface area contributed by atoms with E-state index in [2.05, 4.69) is 20.6 Å². The van der Waals surface area contributed by atoms with Gasteiger partial charge in [-0.25, -0.2) is 19.2 Å². The molecule has 0 radical (unpaired) electrons. The minimum absolute atomic E-state index is 0.118. The van der Waals surface area contributed by atoms with E-state index in [-0.39, 0.29) is 11.6 Å². The molecule has 0 saturated heterocycles. The fraction of sp³-hybridized carbons (Fsp3) is 0.235. The third-order valence-corrected chi connectivity index (χ3v) is 3.61. The Labute approximate surface area is 140 Å². The highest BCUT2D eigenvalue weighted by atomic mass is 19.1. The molecule has 4 N–H and O–H groups in total. The SMILES string of the molecule is CCNC(=O)Nc1cccc(C(C)=C(C)c2ccnc(N)n2)c1F. The Balaban J connectivity index is 2.41. The molecule has 7 heteroatoms. The summed E-state index contributed by atoms with van der Waals surface area (Å²) < 4.78 is 14.7. The molecule has 2 rings (SSSR count). The Bertz CT molecular complexity index is 788. The summed E-state index contributed by atoms with van der Waals surface area (Å²) in [6, 6.07) is 6.12. The van der Waals surface area contributed by atoms with Gasteiger partial charge in [-0.05, 0) is 44.1 Å². The second-order valence-electron chi connectivity index (χ2n) is 5.20. The summed E-state index contributed by atoms with van der Waals surface area (Å²) in [7, 11) is 0. The number of nitrogen functional groups attached to an aromatic ring is 1. The molecular weight excluding hydrogens is 309 g/mol. The van der Waals surface area contributed by atoms with E-state index < -0.39 is 11.8 Å². The molecule has 0 spiro atoms. The maximum Gasteiger partial charge on any atom is 0.319 e. The molecule has 0 fully saturated rings. The molecule has 0 atom stereocenters. The first-order chi connectivity index (χ1) is 11.4. The van der Waals surface area contributed by atoms with E-state index in [0.29, 0.717) is 23.4 Å². The second kappa shape index (κ2) is 7.54. The van der Waals surface area contributed by atoms with Crippen LogP contribution >= 0.6 is 0 Å². The number of urea groups is 1. The number of allylic oxidation sites excluding steroid dienone is 2. The number of hydrogen-bond donors (Lipinski definition) is 3. The highest BCUT2D eigenvalue weighted by Gasteiger charge is 2.14. The number of anilines is 2. The normalized spacial score (nSPS) is 11.7. The number of nitrogens with zero attached hydrogens (tertiary/aromatic N) is 2. The quantitative estimate of drug-likeness (QED) is 0.802. The number of nitrogens with two attached hydrogens (primary N) is 1. The van der Waals surface area contributed by atoms with Gasteiger partial charge in [-0.3, -0.25) is 0 Å². The summed E-state index contributed by atoms with van der Waals surface area (Å²) in [6.07, 6.45) is 1.55. The predicted molar refractivity (Wildman–Crippen MR) is 93.7 cm³/mol. The summed E-state index contributed by atoms with van der Waals surface area (Å²) in [5.41, 5.74) is 8.21. The number of hydrogen-bond acceptors (Lipinski definition) is 4. The molecule has 0 saturated carbocycles. The molecule has 24 heavy (non-hydrogen) atoms. The van der Waals surface area contributed by atoms with Crippen LogP contribution in [0, 0.1) is 5.82 Å². The first-order valence-corrected chi connectivity index (χ1v) is 7.54. The van der Waals surface area contributed by atoms with Crippen molar-refractivity contribution in [3.63, 3.8) is 0 Å². The van der Waals surface area contributed by atoms with Crippen LogP contribution in [-0.4, -0.2) is 22.5 Å². The zero-order chi connectivity index (χ0) is 17.7. The van der Waals surface area contributed by atoms with Crippen LogP contribution in [0.1, 0.15) is 32.0 Å². The molecule has 0 aliphatic carbocycles. The number of carbonyl (C=O) groups excluding carboxylic acids is 1. The average molecular weight is 329 g/mol. The fourth-order valence-electron chi connectivity index (χ4n) is 2.22. The summed E-state index contributed by atoms with van der Waals surface area (Å²) >= 11 is 0. The lowest BCUT2D eigenvalue weighted by atomic mass is 9.99. The molecule has 2 aromatic rings. The van der Waals surface area contributed by atoms with Crippen LogP contribution in [-0.2, 0) is 0 Å². The maximum absolute atomic E-state index is 14.7. The van der Waals surface area contributed by atoms with Crippen molar-refractivity contribution < 1.29 is 9.18 Å². The summed E-state index contributed by atoms with van der Waals surface area (Å²) in [4.78, 5) is 19.6. The Morgan fingerprint density at radius 3 is 2.67 bits per heavy atom. The summed E-state index contributed by atoms with van der Waals surface area (Å²) in [5, 5.41) is 5.07. The first kappa shape index (κ1) is 17.4. The van der Waals surface area contributed by atoms with Crippen LogP contribution in [0.2, 0.25) is 0 Å². The van der Waals surface area contributed by atoms with E-state index >= 15 is 0 Å². The lowest BCUT2D eigenvalue weighted by molar-refractivity contribution is 0.252. The lowest BCUT2D eigenvalue weighted by Gasteiger charge is -2.13. The van der Waals surface area contributed by atoms with Crippen molar-refractivity contribution in [1.29, 1.82) is 0 Å². The van der Waals surface area contributed by atoms with E-state index in [0.717, 1.165) is 5.57 Å². The van der Waals surface area contributed by atoms with Crippen molar-refractivity contribution in [2.45, 2.75) is 20.8 Å². The van der Waals surface area contributed by atoms with Crippen molar-refractivity contribution >= 4 is 28.8 Å². The Hall–Kier alpha value is -2.96. The standard InChI is InChI=1S/C17H20FN5O/c1-4-20-17(24)23-14-7-5-6-12(15(14)18)10(2)11(3)13-8-9-21-16(19)22-13/h5-9H,4H2,1-3H3,(H2,19,21,22)(H2,20,23,24). The third-order valence-electron chi connectivity index (χ3n) is 3.61. The zero-order valence-electron chi connectivity index (χ0n) is 13.9. The zero-order valence-corrected chi connectivity index (χ0v) is 13.9. The van der Waals surface area contributed by atoms with Crippen molar-refractivity contribution in [1.82, 2.24) is 15.3 Å². The Kier molecular flexibility index (Phi) is 5.47. The topological polar surface area (TPSA) is 92.9 Å². The first-order valence-electron chi connectivity index (χ1n) is 7.54. The second-order valence-corrected chi connectivity index (χ2v) is 5.20. The van der Waals surface area contributed by atoms with E-state index in [4.69, 9.17) is 5.73 Å². The van der Waals surface area contributed by atoms with Gasteiger partial charge in [0.25, 0.3) is 0 Å². The summed E-state index contributed by atoms with van der Waals surface area (Å²) in [5.74, 6) is -0.339. The van der Waals surface area contributed by atoms with Gasteiger partial charge >= 0.3 is 6.03 Å². The van der Waals surface area contributed by atoms with Gasteiger partial charge in [0.05, 0.1) is 11.4 Å². The van der Waals surface area contributed by atoms with Crippen LogP contribution in [0.4, 0.5) is 20.8 Å². The minimum atomic E-state index is -0.498. The van der Waals surface area contributed by atoms with Crippen molar-refractivity contribution in [2.24, 2.45) is 0 Å². The van der Waals surface area contributed by atoms with E-state index in [1.807, 2.05) is 6.92 Å². The number of halogens is 1. The van der Waals surface area contributed by atoms with E-state index in [1.165, 1.54) is 6.07 Å². The number of nitrogens with one attached hydrogen (secondary N) is 2. The van der Waals surface area contributed by atoms with Gasteiger partial charge < -0.3 is 16.4 Å². The Morgan fingerprint density at radius 1 is 1.25 bits per heavy atom. The molecule has 6 nitrogen and oxygen atoms in total. The van der Waals surface area contributed by atoms with Crippen LogP contribution in [0.25, 0.3) is 11.1 Å². The Morgan fingerprint density at radius 2 is 2.00 bits per heavy atom. The molecule has 1 aromatic carbocycles. The number of benzene rings is 1. The molecule has 126 valence electrons. The molecule has 0 unspecified atom stereocenters. The number of rotatable bonds is 4. The molecule has 1 heterocycles. The van der Waals surface area contributed by atoms with Gasteiger partial charge in [0.15, 0.2) is 5.82 Å². The molecule has 2 amide bonds. The smallest absolute Gasteiger partial charge is 0.319 e. The number of amides is 2. The van der Waals surface area contributed by atoms with Crippen LogP contribution in [0.5, 0.6) is 0 Å². The van der Waals surface area contributed by atoms with Gasteiger partial charge in [0, 0.05) is 18.3 Å². The lowest BCUT2D eigenvalue weighted by Crippen LogP contribution is -2.28. The largest absolute Gasteiger partial charge is 0.368 e. The molecule has 1 aromatic heterocycles. The van der Waals surface area contributed by atoms with Gasteiger partial charge in [-0.1, -0.05) is 12.1 Å². The van der Waals surface area contributed by atoms with Crippen molar-refractivity contribution in [3.8, 4) is 0 Å². The van der Waals surface area contributed by atoms with E-state index in [9.17, 15) is 9.18 Å². The number of aromatic nitrogens is 2. The average Bonchev–Trinajstić information content (AvgIpc) is 2.55. The van der Waals surface area contributed by atoms with Crippen LogP contribution < -0.4 is 16.4 Å². The minimum Gasteiger partial charge on any atom is -0.368 e. The van der Waals surface area contributed by atoms with Crippen LogP contribution in [0.3, 0.4) is 0 Å². The highest BCUT2D eigenvalue weighted by Crippen LogP contribution is 2.29.